The Balaban J connectivity index is 1.55. The number of amides is 1. The zero-order valence-electron chi connectivity index (χ0n) is 16.3. The molecule has 0 bridgehead atoms. The summed E-state index contributed by atoms with van der Waals surface area (Å²) in [5.41, 5.74) is 0.875. The topological polar surface area (TPSA) is 29.5 Å². The van der Waals surface area contributed by atoms with E-state index in [1.54, 1.807) is 11.8 Å². The molecule has 29 heavy (non-hydrogen) atoms. The zero-order chi connectivity index (χ0) is 20.3. The number of hydrogen-bond donors (Lipinski definition) is 0. The number of carbonyl (C=O) groups excluding carboxylic acids is 1. The smallest absolute Gasteiger partial charge is 0.233 e. The number of rotatable bonds is 3. The fourth-order valence-electron chi connectivity index (χ4n) is 4.39. The van der Waals surface area contributed by atoms with Crippen molar-refractivity contribution in [2.75, 3.05) is 32.1 Å². The van der Waals surface area contributed by atoms with Crippen molar-refractivity contribution in [1.29, 1.82) is 0 Å². The SMILES string of the molecule is O=C(N1CCSC(c2cc(F)ccc2F)CC1)C1(c2ccccc2)CCOCC1. The van der Waals surface area contributed by atoms with Crippen molar-refractivity contribution in [3.63, 3.8) is 0 Å². The van der Waals surface area contributed by atoms with E-state index >= 15 is 0 Å². The third kappa shape index (κ3) is 4.19. The minimum atomic E-state index is -0.561. The van der Waals surface area contributed by atoms with E-state index in [1.165, 1.54) is 12.1 Å². The summed E-state index contributed by atoms with van der Waals surface area (Å²) >= 11 is 1.60. The summed E-state index contributed by atoms with van der Waals surface area (Å²) < 4.78 is 33.4. The zero-order valence-corrected chi connectivity index (χ0v) is 17.1. The number of carbonyl (C=O) groups is 1. The van der Waals surface area contributed by atoms with Crippen molar-refractivity contribution in [3.05, 3.63) is 71.3 Å². The third-order valence-electron chi connectivity index (χ3n) is 6.02. The maximum absolute atomic E-state index is 14.2. The fourth-order valence-corrected chi connectivity index (χ4v) is 5.63. The average molecular weight is 418 g/mol. The number of halogens is 2. The highest BCUT2D eigenvalue weighted by Crippen LogP contribution is 2.40. The van der Waals surface area contributed by atoms with Gasteiger partial charge in [-0.05, 0) is 43.0 Å². The van der Waals surface area contributed by atoms with Crippen LogP contribution in [0.5, 0.6) is 0 Å². The van der Waals surface area contributed by atoms with Crippen molar-refractivity contribution in [3.8, 4) is 0 Å². The van der Waals surface area contributed by atoms with Gasteiger partial charge in [-0.2, -0.15) is 11.8 Å². The molecule has 0 spiro atoms. The summed E-state index contributed by atoms with van der Waals surface area (Å²) in [5, 5.41) is -0.147. The maximum atomic E-state index is 14.2. The second-order valence-electron chi connectivity index (χ2n) is 7.67. The van der Waals surface area contributed by atoms with Crippen LogP contribution in [-0.2, 0) is 14.9 Å². The number of benzene rings is 2. The lowest BCUT2D eigenvalue weighted by atomic mass is 9.73. The van der Waals surface area contributed by atoms with Crippen LogP contribution in [0.3, 0.4) is 0 Å². The Bertz CT molecular complexity index is 855. The van der Waals surface area contributed by atoms with E-state index in [0.717, 1.165) is 11.6 Å². The molecule has 3 nitrogen and oxygen atoms in total. The van der Waals surface area contributed by atoms with Gasteiger partial charge in [0, 0.05) is 42.9 Å². The second kappa shape index (κ2) is 8.84. The van der Waals surface area contributed by atoms with Gasteiger partial charge in [-0.3, -0.25) is 4.79 Å². The molecule has 154 valence electrons. The highest BCUT2D eigenvalue weighted by atomic mass is 32.2. The first kappa shape index (κ1) is 20.4. The summed E-state index contributed by atoms with van der Waals surface area (Å²) in [5.74, 6) is 0.0273. The monoisotopic (exact) mass is 417 g/mol. The predicted octanol–water partition coefficient (Wildman–Crippen LogP) is 4.72. The minimum Gasteiger partial charge on any atom is -0.381 e. The van der Waals surface area contributed by atoms with Gasteiger partial charge in [-0.15, -0.1) is 0 Å². The first-order valence-corrected chi connectivity index (χ1v) is 11.1. The van der Waals surface area contributed by atoms with Crippen LogP contribution in [0.25, 0.3) is 0 Å². The number of hydrogen-bond acceptors (Lipinski definition) is 3. The summed E-state index contributed by atoms with van der Waals surface area (Å²) in [6, 6.07) is 13.6. The summed E-state index contributed by atoms with van der Waals surface area (Å²) in [6.07, 6.45) is 1.95. The molecule has 0 aliphatic carbocycles. The molecule has 0 radical (unpaired) electrons. The van der Waals surface area contributed by atoms with Gasteiger partial charge in [-0.25, -0.2) is 8.78 Å². The standard InChI is InChI=1S/C23H25F2NO2S/c24-18-6-7-20(25)19(16-18)21-8-11-26(12-15-29-21)22(27)23(9-13-28-14-10-23)17-4-2-1-3-5-17/h1-7,16,21H,8-15H2. The Hall–Kier alpha value is -1.92. The van der Waals surface area contributed by atoms with E-state index in [1.807, 2.05) is 35.2 Å². The van der Waals surface area contributed by atoms with Crippen LogP contribution in [-0.4, -0.2) is 42.9 Å². The van der Waals surface area contributed by atoms with E-state index in [9.17, 15) is 13.6 Å². The Kier molecular flexibility index (Phi) is 6.20. The van der Waals surface area contributed by atoms with Crippen LogP contribution in [0.4, 0.5) is 8.78 Å². The van der Waals surface area contributed by atoms with Gasteiger partial charge < -0.3 is 9.64 Å². The van der Waals surface area contributed by atoms with Crippen LogP contribution in [0.15, 0.2) is 48.5 Å². The maximum Gasteiger partial charge on any atom is 0.233 e. The second-order valence-corrected chi connectivity index (χ2v) is 8.98. The molecule has 2 saturated heterocycles. The minimum absolute atomic E-state index is 0.132. The molecule has 2 heterocycles. The molecule has 6 heteroatoms. The van der Waals surface area contributed by atoms with Gasteiger partial charge in [0.05, 0.1) is 5.41 Å². The van der Waals surface area contributed by atoms with Crippen molar-refractivity contribution in [2.24, 2.45) is 0 Å². The number of ether oxygens (including phenoxy) is 1. The lowest BCUT2D eigenvalue weighted by Crippen LogP contribution is -2.50. The van der Waals surface area contributed by atoms with E-state index in [0.29, 0.717) is 56.9 Å². The normalized spacial score (nSPS) is 22.1. The molecule has 1 atom stereocenters. The Labute approximate surface area is 174 Å². The number of thioether (sulfide) groups is 1. The molecule has 2 aliphatic rings. The highest BCUT2D eigenvalue weighted by molar-refractivity contribution is 7.99. The van der Waals surface area contributed by atoms with Gasteiger partial charge in [0.2, 0.25) is 5.91 Å². The van der Waals surface area contributed by atoms with Crippen LogP contribution in [0, 0.1) is 11.6 Å². The van der Waals surface area contributed by atoms with Crippen molar-refractivity contribution in [1.82, 2.24) is 4.90 Å². The van der Waals surface area contributed by atoms with Crippen molar-refractivity contribution in [2.45, 2.75) is 29.9 Å². The lowest BCUT2D eigenvalue weighted by molar-refractivity contribution is -0.141. The summed E-state index contributed by atoms with van der Waals surface area (Å²) in [6.45, 7) is 2.30. The van der Waals surface area contributed by atoms with Gasteiger partial charge in [0.25, 0.3) is 0 Å². The van der Waals surface area contributed by atoms with Gasteiger partial charge in [-0.1, -0.05) is 30.3 Å². The van der Waals surface area contributed by atoms with Crippen molar-refractivity contribution >= 4 is 17.7 Å². The largest absolute Gasteiger partial charge is 0.381 e. The molecule has 1 amide bonds. The highest BCUT2D eigenvalue weighted by Gasteiger charge is 2.44. The van der Waals surface area contributed by atoms with Gasteiger partial charge in [0.1, 0.15) is 11.6 Å². The van der Waals surface area contributed by atoms with Crippen LogP contribution in [0.2, 0.25) is 0 Å². The molecular weight excluding hydrogens is 392 g/mol. The van der Waals surface area contributed by atoms with E-state index in [-0.39, 0.29) is 17.0 Å². The van der Waals surface area contributed by atoms with Crippen LogP contribution >= 0.6 is 11.8 Å². The Morgan fingerprint density at radius 1 is 1.07 bits per heavy atom. The molecule has 0 N–H and O–H groups in total. The molecule has 2 aliphatic heterocycles. The van der Waals surface area contributed by atoms with Crippen LogP contribution < -0.4 is 0 Å². The fraction of sp³-hybridized carbons (Fsp3) is 0.435. The lowest BCUT2D eigenvalue weighted by Gasteiger charge is -2.40. The van der Waals surface area contributed by atoms with E-state index < -0.39 is 11.2 Å². The number of nitrogens with zero attached hydrogens (tertiary/aromatic N) is 1. The van der Waals surface area contributed by atoms with Crippen molar-refractivity contribution < 1.29 is 18.3 Å². The Morgan fingerprint density at radius 3 is 2.59 bits per heavy atom. The van der Waals surface area contributed by atoms with Gasteiger partial charge in [0.15, 0.2) is 0 Å². The van der Waals surface area contributed by atoms with Crippen LogP contribution in [0.1, 0.15) is 35.6 Å². The first-order valence-electron chi connectivity index (χ1n) is 10.1. The first-order chi connectivity index (χ1) is 14.1. The predicted molar refractivity (Wildman–Crippen MR) is 111 cm³/mol. The van der Waals surface area contributed by atoms with Gasteiger partial charge >= 0.3 is 0 Å². The molecule has 2 fully saturated rings. The molecule has 2 aromatic carbocycles. The summed E-state index contributed by atoms with van der Waals surface area (Å²) in [7, 11) is 0. The average Bonchev–Trinajstić information content (AvgIpc) is 3.02. The molecule has 0 aromatic heterocycles. The molecule has 1 unspecified atom stereocenters. The Morgan fingerprint density at radius 2 is 1.83 bits per heavy atom. The molecule has 2 aromatic rings. The molecular formula is C23H25F2NO2S. The quantitative estimate of drug-likeness (QED) is 0.724. The van der Waals surface area contributed by atoms with E-state index in [2.05, 4.69) is 0 Å². The summed E-state index contributed by atoms with van der Waals surface area (Å²) in [4.78, 5) is 15.6. The molecule has 0 saturated carbocycles. The molecule has 4 rings (SSSR count). The third-order valence-corrected chi connectivity index (χ3v) is 7.33. The van der Waals surface area contributed by atoms with E-state index in [4.69, 9.17) is 4.74 Å².